The highest BCUT2D eigenvalue weighted by atomic mass is 16.2. The van der Waals surface area contributed by atoms with Crippen molar-refractivity contribution in [3.8, 4) is 0 Å². The lowest BCUT2D eigenvalue weighted by Crippen LogP contribution is -2.35. The molecular formula is C12H17N3O. The SMILES string of the molecule is CN(C(=O)c1ccncc1N)C1CCCC1. The van der Waals surface area contributed by atoms with Crippen LogP contribution < -0.4 is 5.73 Å². The molecule has 1 fully saturated rings. The zero-order valence-corrected chi connectivity index (χ0v) is 9.52. The van der Waals surface area contributed by atoms with Crippen LogP contribution in [0.3, 0.4) is 0 Å². The van der Waals surface area contributed by atoms with Crippen LogP contribution in [0, 0.1) is 0 Å². The Morgan fingerprint density at radius 2 is 2.19 bits per heavy atom. The quantitative estimate of drug-likeness (QED) is 0.823. The molecule has 1 aromatic rings. The van der Waals surface area contributed by atoms with Gasteiger partial charge in [0.15, 0.2) is 0 Å². The third kappa shape index (κ3) is 2.01. The van der Waals surface area contributed by atoms with E-state index >= 15 is 0 Å². The first-order valence-electron chi connectivity index (χ1n) is 5.67. The number of nitrogen functional groups attached to an aromatic ring is 1. The van der Waals surface area contributed by atoms with Gasteiger partial charge in [0, 0.05) is 19.3 Å². The molecule has 86 valence electrons. The molecule has 0 aliphatic heterocycles. The molecule has 1 heterocycles. The van der Waals surface area contributed by atoms with Crippen molar-refractivity contribution < 1.29 is 4.79 Å². The number of pyridine rings is 1. The summed E-state index contributed by atoms with van der Waals surface area (Å²) in [5.41, 5.74) is 6.76. The minimum absolute atomic E-state index is 0.00630. The third-order valence-electron chi connectivity index (χ3n) is 3.28. The number of carbonyl (C=O) groups excluding carboxylic acids is 1. The summed E-state index contributed by atoms with van der Waals surface area (Å²) in [6.07, 6.45) is 7.77. The fourth-order valence-corrected chi connectivity index (χ4v) is 2.25. The van der Waals surface area contributed by atoms with Crippen molar-refractivity contribution in [3.05, 3.63) is 24.0 Å². The number of anilines is 1. The Labute approximate surface area is 95.5 Å². The highest BCUT2D eigenvalue weighted by molar-refractivity contribution is 5.98. The molecule has 1 aliphatic rings. The molecule has 0 saturated heterocycles. The van der Waals surface area contributed by atoms with E-state index in [9.17, 15) is 4.79 Å². The van der Waals surface area contributed by atoms with Crippen LogP contribution in [0.2, 0.25) is 0 Å². The standard InChI is InChI=1S/C12H17N3O/c1-15(9-4-2-3-5-9)12(16)10-6-7-14-8-11(10)13/h6-9H,2-5,13H2,1H3. The van der Waals surface area contributed by atoms with Crippen LogP contribution in [0.15, 0.2) is 18.5 Å². The molecular weight excluding hydrogens is 202 g/mol. The number of nitrogens with two attached hydrogens (primary N) is 1. The maximum Gasteiger partial charge on any atom is 0.256 e. The highest BCUT2D eigenvalue weighted by Gasteiger charge is 2.24. The normalized spacial score (nSPS) is 16.3. The van der Waals surface area contributed by atoms with E-state index in [0.29, 0.717) is 17.3 Å². The van der Waals surface area contributed by atoms with Gasteiger partial charge in [-0.05, 0) is 18.9 Å². The van der Waals surface area contributed by atoms with Gasteiger partial charge in [-0.1, -0.05) is 12.8 Å². The summed E-state index contributed by atoms with van der Waals surface area (Å²) in [5.74, 6) is 0.00630. The average molecular weight is 219 g/mol. The van der Waals surface area contributed by atoms with Crippen molar-refractivity contribution in [1.29, 1.82) is 0 Å². The largest absolute Gasteiger partial charge is 0.397 e. The predicted octanol–water partition coefficient (Wildman–Crippen LogP) is 1.68. The number of aromatic nitrogens is 1. The first-order valence-corrected chi connectivity index (χ1v) is 5.67. The first kappa shape index (κ1) is 10.9. The lowest BCUT2D eigenvalue weighted by molar-refractivity contribution is 0.0736. The number of hydrogen-bond acceptors (Lipinski definition) is 3. The molecule has 0 bridgehead atoms. The van der Waals surface area contributed by atoms with Gasteiger partial charge in [-0.2, -0.15) is 0 Å². The number of carbonyl (C=O) groups is 1. The van der Waals surface area contributed by atoms with Gasteiger partial charge >= 0.3 is 0 Å². The Balaban J connectivity index is 2.15. The Kier molecular flexibility index (Phi) is 3.08. The third-order valence-corrected chi connectivity index (χ3v) is 3.28. The predicted molar refractivity (Wildman–Crippen MR) is 63.0 cm³/mol. The van der Waals surface area contributed by atoms with Crippen LogP contribution in [0.5, 0.6) is 0 Å². The van der Waals surface area contributed by atoms with Gasteiger partial charge in [-0.15, -0.1) is 0 Å². The molecule has 0 spiro atoms. The molecule has 1 saturated carbocycles. The van der Waals surface area contributed by atoms with Gasteiger partial charge in [0.2, 0.25) is 0 Å². The molecule has 1 aromatic heterocycles. The van der Waals surface area contributed by atoms with Gasteiger partial charge in [0.05, 0.1) is 17.4 Å². The lowest BCUT2D eigenvalue weighted by Gasteiger charge is -2.24. The number of nitrogens with zero attached hydrogens (tertiary/aromatic N) is 2. The van der Waals surface area contributed by atoms with Crippen LogP contribution >= 0.6 is 0 Å². The zero-order chi connectivity index (χ0) is 11.5. The van der Waals surface area contributed by atoms with E-state index in [1.807, 2.05) is 11.9 Å². The molecule has 0 radical (unpaired) electrons. The Morgan fingerprint density at radius 1 is 1.50 bits per heavy atom. The monoisotopic (exact) mass is 219 g/mol. The molecule has 16 heavy (non-hydrogen) atoms. The molecule has 2 N–H and O–H groups in total. The van der Waals surface area contributed by atoms with E-state index in [2.05, 4.69) is 4.98 Å². The van der Waals surface area contributed by atoms with Crippen LogP contribution in [0.25, 0.3) is 0 Å². The van der Waals surface area contributed by atoms with Crippen molar-refractivity contribution in [1.82, 2.24) is 9.88 Å². The maximum absolute atomic E-state index is 12.2. The van der Waals surface area contributed by atoms with E-state index in [0.717, 1.165) is 12.8 Å². The van der Waals surface area contributed by atoms with Crippen molar-refractivity contribution >= 4 is 11.6 Å². The number of hydrogen-bond donors (Lipinski definition) is 1. The average Bonchev–Trinajstić information content (AvgIpc) is 2.81. The molecule has 1 aliphatic carbocycles. The summed E-state index contributed by atoms with van der Waals surface area (Å²) in [7, 11) is 1.86. The summed E-state index contributed by atoms with van der Waals surface area (Å²) >= 11 is 0. The van der Waals surface area contributed by atoms with Crippen LogP contribution in [-0.4, -0.2) is 28.9 Å². The second kappa shape index (κ2) is 4.51. The fraction of sp³-hybridized carbons (Fsp3) is 0.500. The van der Waals surface area contributed by atoms with Crippen molar-refractivity contribution in [2.75, 3.05) is 12.8 Å². The summed E-state index contributed by atoms with van der Waals surface area (Å²) in [5, 5.41) is 0. The van der Waals surface area contributed by atoms with E-state index in [1.54, 1.807) is 12.3 Å². The Hall–Kier alpha value is -1.58. The number of amides is 1. The molecule has 0 unspecified atom stereocenters. The minimum Gasteiger partial charge on any atom is -0.397 e. The van der Waals surface area contributed by atoms with Gasteiger partial charge in [0.25, 0.3) is 5.91 Å². The molecule has 4 heteroatoms. The number of rotatable bonds is 2. The van der Waals surface area contributed by atoms with Gasteiger partial charge < -0.3 is 10.6 Å². The van der Waals surface area contributed by atoms with E-state index in [1.165, 1.54) is 19.0 Å². The van der Waals surface area contributed by atoms with Gasteiger partial charge in [-0.25, -0.2) is 0 Å². The second-order valence-electron chi connectivity index (χ2n) is 4.32. The Morgan fingerprint density at radius 3 is 2.81 bits per heavy atom. The van der Waals surface area contributed by atoms with E-state index in [-0.39, 0.29) is 5.91 Å². The minimum atomic E-state index is 0.00630. The molecule has 0 aromatic carbocycles. The molecule has 1 amide bonds. The first-order chi connectivity index (χ1) is 7.70. The summed E-state index contributed by atoms with van der Waals surface area (Å²) in [6, 6.07) is 2.06. The second-order valence-corrected chi connectivity index (χ2v) is 4.32. The smallest absolute Gasteiger partial charge is 0.256 e. The molecule has 4 nitrogen and oxygen atoms in total. The van der Waals surface area contributed by atoms with Crippen LogP contribution in [0.4, 0.5) is 5.69 Å². The van der Waals surface area contributed by atoms with Crippen LogP contribution in [0.1, 0.15) is 36.0 Å². The zero-order valence-electron chi connectivity index (χ0n) is 9.52. The van der Waals surface area contributed by atoms with E-state index in [4.69, 9.17) is 5.73 Å². The van der Waals surface area contributed by atoms with Crippen molar-refractivity contribution in [2.45, 2.75) is 31.7 Å². The molecule has 2 rings (SSSR count). The van der Waals surface area contributed by atoms with Crippen molar-refractivity contribution in [2.24, 2.45) is 0 Å². The van der Waals surface area contributed by atoms with Gasteiger partial charge in [0.1, 0.15) is 0 Å². The summed E-state index contributed by atoms with van der Waals surface area (Å²) < 4.78 is 0. The van der Waals surface area contributed by atoms with Gasteiger partial charge in [-0.3, -0.25) is 9.78 Å². The summed E-state index contributed by atoms with van der Waals surface area (Å²) in [4.78, 5) is 17.9. The Bertz CT molecular complexity index is 386. The van der Waals surface area contributed by atoms with Crippen molar-refractivity contribution in [3.63, 3.8) is 0 Å². The maximum atomic E-state index is 12.2. The lowest BCUT2D eigenvalue weighted by atomic mass is 10.1. The van der Waals surface area contributed by atoms with E-state index < -0.39 is 0 Å². The highest BCUT2D eigenvalue weighted by Crippen LogP contribution is 2.24. The topological polar surface area (TPSA) is 59.2 Å². The van der Waals surface area contributed by atoms with Crippen LogP contribution in [-0.2, 0) is 0 Å². The molecule has 0 atom stereocenters. The summed E-state index contributed by atoms with van der Waals surface area (Å²) in [6.45, 7) is 0. The fourth-order valence-electron chi connectivity index (χ4n) is 2.25.